The number of fused-ring (bicyclic) bond motifs is 9. The Hall–Kier alpha value is -6.26. The molecular formula is C42H25N3O. The quantitative estimate of drug-likeness (QED) is 0.207. The number of benzene rings is 7. The monoisotopic (exact) mass is 587 g/mol. The minimum atomic E-state index is 0.650. The van der Waals surface area contributed by atoms with Crippen molar-refractivity contribution < 1.29 is 4.42 Å². The second-order valence-electron chi connectivity index (χ2n) is 11.8. The lowest BCUT2D eigenvalue weighted by molar-refractivity contribution is 0.669. The van der Waals surface area contributed by atoms with Crippen LogP contribution in [0.1, 0.15) is 0 Å². The molecule has 10 rings (SSSR count). The molecule has 4 heteroatoms. The first kappa shape index (κ1) is 25.1. The van der Waals surface area contributed by atoms with Crippen molar-refractivity contribution in [1.29, 1.82) is 0 Å². The predicted molar refractivity (Wildman–Crippen MR) is 190 cm³/mol. The molecule has 3 aromatic heterocycles. The van der Waals surface area contributed by atoms with Crippen LogP contribution in [-0.4, -0.2) is 14.5 Å². The number of nitrogens with zero attached hydrogens (tertiary/aromatic N) is 3. The summed E-state index contributed by atoms with van der Waals surface area (Å²) in [5.74, 6) is 0.650. The van der Waals surface area contributed by atoms with Gasteiger partial charge in [-0.2, -0.15) is 0 Å². The molecule has 0 bridgehead atoms. The summed E-state index contributed by atoms with van der Waals surface area (Å²) in [5, 5.41) is 8.15. The van der Waals surface area contributed by atoms with E-state index in [-0.39, 0.29) is 0 Å². The Kier molecular flexibility index (Phi) is 5.25. The van der Waals surface area contributed by atoms with Crippen LogP contribution in [0.5, 0.6) is 0 Å². The highest BCUT2D eigenvalue weighted by molar-refractivity contribution is 6.21. The molecule has 0 saturated carbocycles. The molecule has 4 nitrogen and oxygen atoms in total. The van der Waals surface area contributed by atoms with Crippen LogP contribution < -0.4 is 0 Å². The highest BCUT2D eigenvalue weighted by Gasteiger charge is 2.19. The van der Waals surface area contributed by atoms with Crippen LogP contribution in [0.25, 0.3) is 93.8 Å². The molecule has 0 radical (unpaired) electrons. The molecule has 0 amide bonds. The highest BCUT2D eigenvalue weighted by Crippen LogP contribution is 2.40. The zero-order chi connectivity index (χ0) is 30.2. The van der Waals surface area contributed by atoms with Crippen molar-refractivity contribution >= 4 is 65.4 Å². The van der Waals surface area contributed by atoms with Crippen LogP contribution in [0.2, 0.25) is 0 Å². The molecule has 7 aromatic carbocycles. The topological polar surface area (TPSA) is 43.9 Å². The van der Waals surface area contributed by atoms with E-state index < -0.39 is 0 Å². The Bertz CT molecular complexity index is 2810. The average molecular weight is 588 g/mol. The Morgan fingerprint density at radius 3 is 2.17 bits per heavy atom. The third-order valence-corrected chi connectivity index (χ3v) is 9.19. The number of hydrogen-bond acceptors (Lipinski definition) is 3. The molecule has 0 aliphatic carbocycles. The summed E-state index contributed by atoms with van der Waals surface area (Å²) in [5.41, 5.74) is 8.83. The Morgan fingerprint density at radius 1 is 0.500 bits per heavy atom. The molecule has 0 atom stereocenters. The minimum absolute atomic E-state index is 0.650. The van der Waals surface area contributed by atoms with Gasteiger partial charge in [0.1, 0.15) is 11.2 Å². The molecular weight excluding hydrogens is 562 g/mol. The van der Waals surface area contributed by atoms with Gasteiger partial charge < -0.3 is 8.98 Å². The van der Waals surface area contributed by atoms with Gasteiger partial charge in [-0.3, -0.25) is 0 Å². The standard InChI is InChI=1S/C42H25N3O/c1-2-12-27(13-3-1)40-31-15-6-8-19-35(31)43-42(44-40)33-18-10-17-30-34-25-28(22-24-38(34)46-41(30)33)45-36-20-9-7-16-32(36)39-29-14-5-4-11-26(29)21-23-37(39)45/h1-25H. The van der Waals surface area contributed by atoms with Crippen LogP contribution in [0, 0.1) is 0 Å². The molecule has 0 N–H and O–H groups in total. The molecule has 10 aromatic rings. The predicted octanol–water partition coefficient (Wildman–Crippen LogP) is 11.1. The average Bonchev–Trinajstić information content (AvgIpc) is 3.67. The van der Waals surface area contributed by atoms with E-state index in [4.69, 9.17) is 14.4 Å². The van der Waals surface area contributed by atoms with Crippen LogP contribution in [-0.2, 0) is 0 Å². The van der Waals surface area contributed by atoms with Gasteiger partial charge in [0.2, 0.25) is 0 Å². The first-order valence-electron chi connectivity index (χ1n) is 15.5. The number of para-hydroxylation sites is 3. The van der Waals surface area contributed by atoms with E-state index in [0.717, 1.165) is 55.3 Å². The number of rotatable bonds is 3. The van der Waals surface area contributed by atoms with Crippen molar-refractivity contribution in [2.45, 2.75) is 0 Å². The number of aromatic nitrogens is 3. The molecule has 3 heterocycles. The Labute approximate surface area is 263 Å². The van der Waals surface area contributed by atoms with Crippen molar-refractivity contribution in [3.05, 3.63) is 152 Å². The number of hydrogen-bond donors (Lipinski definition) is 0. The molecule has 0 fully saturated rings. The third kappa shape index (κ3) is 3.61. The minimum Gasteiger partial charge on any atom is -0.455 e. The first-order chi connectivity index (χ1) is 22.8. The highest BCUT2D eigenvalue weighted by atomic mass is 16.3. The lowest BCUT2D eigenvalue weighted by atomic mass is 10.0. The van der Waals surface area contributed by atoms with Crippen molar-refractivity contribution in [3.63, 3.8) is 0 Å². The van der Waals surface area contributed by atoms with Gasteiger partial charge in [0.25, 0.3) is 0 Å². The van der Waals surface area contributed by atoms with E-state index in [9.17, 15) is 0 Å². The zero-order valence-corrected chi connectivity index (χ0v) is 24.7. The second kappa shape index (κ2) is 9.62. The van der Waals surface area contributed by atoms with Gasteiger partial charge in [-0.1, -0.05) is 109 Å². The first-order valence-corrected chi connectivity index (χ1v) is 15.5. The zero-order valence-electron chi connectivity index (χ0n) is 24.7. The summed E-state index contributed by atoms with van der Waals surface area (Å²) in [6, 6.07) is 53.0. The van der Waals surface area contributed by atoms with Crippen LogP contribution in [0.3, 0.4) is 0 Å². The summed E-state index contributed by atoms with van der Waals surface area (Å²) in [6.07, 6.45) is 0. The summed E-state index contributed by atoms with van der Waals surface area (Å²) >= 11 is 0. The Morgan fingerprint density at radius 2 is 1.26 bits per heavy atom. The van der Waals surface area contributed by atoms with E-state index in [1.165, 1.54) is 32.6 Å². The van der Waals surface area contributed by atoms with Gasteiger partial charge in [-0.25, -0.2) is 9.97 Å². The fraction of sp³-hybridized carbons (Fsp3) is 0. The maximum absolute atomic E-state index is 6.61. The normalized spacial score (nSPS) is 11.9. The van der Waals surface area contributed by atoms with Crippen molar-refractivity contribution in [2.24, 2.45) is 0 Å². The lowest BCUT2D eigenvalue weighted by Crippen LogP contribution is -1.95. The van der Waals surface area contributed by atoms with Crippen molar-refractivity contribution in [1.82, 2.24) is 14.5 Å². The van der Waals surface area contributed by atoms with Crippen LogP contribution in [0.15, 0.2) is 156 Å². The summed E-state index contributed by atoms with van der Waals surface area (Å²) in [6.45, 7) is 0. The lowest BCUT2D eigenvalue weighted by Gasteiger charge is -2.09. The molecule has 0 spiro atoms. The molecule has 0 unspecified atom stereocenters. The summed E-state index contributed by atoms with van der Waals surface area (Å²) in [7, 11) is 0. The van der Waals surface area contributed by atoms with Gasteiger partial charge in [-0.15, -0.1) is 0 Å². The van der Waals surface area contributed by atoms with Gasteiger partial charge in [0.05, 0.1) is 27.8 Å². The Balaban J connectivity index is 1.21. The largest absolute Gasteiger partial charge is 0.455 e. The third-order valence-electron chi connectivity index (χ3n) is 9.19. The van der Waals surface area contributed by atoms with Crippen molar-refractivity contribution in [2.75, 3.05) is 0 Å². The van der Waals surface area contributed by atoms with E-state index in [1.807, 2.05) is 36.4 Å². The smallest absolute Gasteiger partial charge is 0.164 e. The molecule has 46 heavy (non-hydrogen) atoms. The molecule has 0 aliphatic heterocycles. The van der Waals surface area contributed by atoms with Gasteiger partial charge >= 0.3 is 0 Å². The summed E-state index contributed by atoms with van der Waals surface area (Å²) in [4.78, 5) is 10.2. The maximum Gasteiger partial charge on any atom is 0.164 e. The van der Waals surface area contributed by atoms with E-state index in [0.29, 0.717) is 5.82 Å². The molecule has 0 saturated heterocycles. The summed E-state index contributed by atoms with van der Waals surface area (Å²) < 4.78 is 8.98. The number of furan rings is 1. The van der Waals surface area contributed by atoms with E-state index >= 15 is 0 Å². The van der Waals surface area contributed by atoms with Gasteiger partial charge in [-0.05, 0) is 53.2 Å². The second-order valence-corrected chi connectivity index (χ2v) is 11.8. The fourth-order valence-corrected chi connectivity index (χ4v) is 7.13. The molecule has 214 valence electrons. The SMILES string of the molecule is c1ccc(-c2nc(-c3cccc4c3oc3ccc(-n5c6ccccc6c6c7ccccc7ccc65)cc34)nc3ccccc23)cc1. The van der Waals surface area contributed by atoms with Crippen molar-refractivity contribution in [3.8, 4) is 28.3 Å². The van der Waals surface area contributed by atoms with E-state index in [2.05, 4.69) is 120 Å². The maximum atomic E-state index is 6.61. The van der Waals surface area contributed by atoms with Crippen LogP contribution >= 0.6 is 0 Å². The van der Waals surface area contributed by atoms with E-state index in [1.54, 1.807) is 0 Å². The van der Waals surface area contributed by atoms with Gasteiger partial charge in [0.15, 0.2) is 5.82 Å². The fourth-order valence-electron chi connectivity index (χ4n) is 7.13. The molecule has 0 aliphatic rings. The van der Waals surface area contributed by atoms with Gasteiger partial charge in [0, 0.05) is 38.2 Å². The van der Waals surface area contributed by atoms with Crippen LogP contribution in [0.4, 0.5) is 0 Å².